The Kier molecular flexibility index (Phi) is 5.20. The van der Waals surface area contributed by atoms with Gasteiger partial charge in [-0.1, -0.05) is 48.3 Å². The van der Waals surface area contributed by atoms with Gasteiger partial charge < -0.3 is 10.2 Å². The summed E-state index contributed by atoms with van der Waals surface area (Å²) in [7, 11) is 0. The number of hydrogen-bond acceptors (Lipinski definition) is 5. The highest BCUT2D eigenvalue weighted by Crippen LogP contribution is 2.34. The maximum Gasteiger partial charge on any atom is 0.229 e. The smallest absolute Gasteiger partial charge is 0.229 e. The van der Waals surface area contributed by atoms with Gasteiger partial charge in [0.15, 0.2) is 0 Å². The molecule has 1 N–H and O–H groups in total. The number of hydrogen-bond donors (Lipinski definition) is 1. The van der Waals surface area contributed by atoms with Crippen molar-refractivity contribution in [3.05, 3.63) is 34.8 Å². The van der Waals surface area contributed by atoms with Crippen molar-refractivity contribution < 1.29 is 9.59 Å². The Balaban J connectivity index is 1.40. The summed E-state index contributed by atoms with van der Waals surface area (Å²) in [6.07, 6.45) is 5.82. The Morgan fingerprint density at radius 1 is 1.15 bits per heavy atom. The Labute approximate surface area is 163 Å². The minimum absolute atomic E-state index is 0.0247. The second kappa shape index (κ2) is 7.76. The second-order valence-corrected chi connectivity index (χ2v) is 8.52. The lowest BCUT2D eigenvalue weighted by Crippen LogP contribution is -2.24. The SMILES string of the molecule is Cc1ccc(N2C[C@H](c3nnc(NC(=O)C4CCCCC4)s3)CC2=O)cc1. The summed E-state index contributed by atoms with van der Waals surface area (Å²) < 4.78 is 0. The third-order valence-corrected chi connectivity index (χ3v) is 6.47. The summed E-state index contributed by atoms with van der Waals surface area (Å²) in [4.78, 5) is 26.6. The number of nitrogens with one attached hydrogen (secondary N) is 1. The van der Waals surface area contributed by atoms with E-state index in [2.05, 4.69) is 15.5 Å². The molecule has 2 aromatic rings. The molecule has 2 aliphatic rings. The van der Waals surface area contributed by atoms with E-state index < -0.39 is 0 Å². The van der Waals surface area contributed by atoms with Crippen LogP contribution in [-0.4, -0.2) is 28.6 Å². The first-order valence-electron chi connectivity index (χ1n) is 9.61. The molecule has 1 saturated heterocycles. The van der Waals surface area contributed by atoms with Gasteiger partial charge in [-0.05, 0) is 31.9 Å². The Hall–Kier alpha value is -2.28. The molecular weight excluding hydrogens is 360 g/mol. The van der Waals surface area contributed by atoms with E-state index in [0.717, 1.165) is 36.4 Å². The molecular formula is C20H24N4O2S. The van der Waals surface area contributed by atoms with Crippen LogP contribution in [0.4, 0.5) is 10.8 Å². The molecule has 2 heterocycles. The molecule has 2 fully saturated rings. The molecule has 4 rings (SSSR count). The van der Waals surface area contributed by atoms with E-state index in [4.69, 9.17) is 0 Å². The number of aryl methyl sites for hydroxylation is 1. The molecule has 0 unspecified atom stereocenters. The number of nitrogens with zero attached hydrogens (tertiary/aromatic N) is 3. The molecule has 142 valence electrons. The highest BCUT2D eigenvalue weighted by molar-refractivity contribution is 7.15. The summed E-state index contributed by atoms with van der Waals surface area (Å²) in [5.41, 5.74) is 2.09. The normalized spacial score (nSPS) is 20.9. The van der Waals surface area contributed by atoms with Crippen molar-refractivity contribution in [3.8, 4) is 0 Å². The van der Waals surface area contributed by atoms with Gasteiger partial charge in [0.2, 0.25) is 16.9 Å². The van der Waals surface area contributed by atoms with Crippen LogP contribution in [0.15, 0.2) is 24.3 Å². The molecule has 1 aliphatic heterocycles. The zero-order valence-corrected chi connectivity index (χ0v) is 16.3. The quantitative estimate of drug-likeness (QED) is 0.868. The van der Waals surface area contributed by atoms with Crippen molar-refractivity contribution in [1.29, 1.82) is 0 Å². The lowest BCUT2D eigenvalue weighted by atomic mass is 9.89. The van der Waals surface area contributed by atoms with Crippen LogP contribution in [0.3, 0.4) is 0 Å². The highest BCUT2D eigenvalue weighted by atomic mass is 32.1. The average Bonchev–Trinajstić information content (AvgIpc) is 3.30. The second-order valence-electron chi connectivity index (χ2n) is 7.51. The van der Waals surface area contributed by atoms with Crippen molar-refractivity contribution in [2.45, 2.75) is 51.4 Å². The molecule has 0 radical (unpaired) electrons. The number of amides is 2. The molecule has 1 aliphatic carbocycles. The van der Waals surface area contributed by atoms with E-state index in [-0.39, 0.29) is 23.7 Å². The Morgan fingerprint density at radius 2 is 1.89 bits per heavy atom. The van der Waals surface area contributed by atoms with Crippen LogP contribution in [0.2, 0.25) is 0 Å². The van der Waals surface area contributed by atoms with Crippen LogP contribution in [0, 0.1) is 12.8 Å². The molecule has 2 amide bonds. The van der Waals surface area contributed by atoms with Gasteiger partial charge in [0.1, 0.15) is 5.01 Å². The largest absolute Gasteiger partial charge is 0.312 e. The average molecular weight is 385 g/mol. The van der Waals surface area contributed by atoms with Gasteiger partial charge in [-0.3, -0.25) is 9.59 Å². The predicted octanol–water partition coefficient (Wildman–Crippen LogP) is 3.89. The van der Waals surface area contributed by atoms with Crippen LogP contribution in [0.25, 0.3) is 0 Å². The van der Waals surface area contributed by atoms with Gasteiger partial charge in [-0.2, -0.15) is 0 Å². The molecule has 6 nitrogen and oxygen atoms in total. The molecule has 1 aromatic carbocycles. The molecule has 27 heavy (non-hydrogen) atoms. The minimum atomic E-state index is 0.0247. The molecule has 7 heteroatoms. The summed E-state index contributed by atoms with van der Waals surface area (Å²) in [6, 6.07) is 7.98. The minimum Gasteiger partial charge on any atom is -0.312 e. The van der Waals surface area contributed by atoms with Crippen molar-refractivity contribution in [2.24, 2.45) is 5.92 Å². The van der Waals surface area contributed by atoms with E-state index in [0.29, 0.717) is 18.1 Å². The molecule has 1 aromatic heterocycles. The van der Waals surface area contributed by atoms with Crippen LogP contribution in [0.5, 0.6) is 0 Å². The first-order chi connectivity index (χ1) is 13.1. The fourth-order valence-corrected chi connectivity index (χ4v) is 4.71. The van der Waals surface area contributed by atoms with E-state index in [1.165, 1.54) is 23.3 Å². The number of rotatable bonds is 4. The third kappa shape index (κ3) is 4.03. The van der Waals surface area contributed by atoms with Gasteiger partial charge in [-0.25, -0.2) is 0 Å². The van der Waals surface area contributed by atoms with Gasteiger partial charge in [0.25, 0.3) is 0 Å². The lowest BCUT2D eigenvalue weighted by molar-refractivity contribution is -0.120. The summed E-state index contributed by atoms with van der Waals surface area (Å²) in [5, 5.41) is 12.7. The fourth-order valence-electron chi connectivity index (χ4n) is 3.87. The topological polar surface area (TPSA) is 75.2 Å². The predicted molar refractivity (Wildman–Crippen MR) is 106 cm³/mol. The first kappa shape index (κ1) is 18.1. The highest BCUT2D eigenvalue weighted by Gasteiger charge is 2.34. The van der Waals surface area contributed by atoms with Crippen molar-refractivity contribution in [1.82, 2.24) is 10.2 Å². The van der Waals surface area contributed by atoms with Crippen molar-refractivity contribution in [2.75, 3.05) is 16.8 Å². The molecule has 0 spiro atoms. The Bertz CT molecular complexity index is 827. The summed E-state index contributed by atoms with van der Waals surface area (Å²) >= 11 is 1.39. The van der Waals surface area contributed by atoms with Gasteiger partial charge >= 0.3 is 0 Å². The van der Waals surface area contributed by atoms with Crippen LogP contribution in [-0.2, 0) is 9.59 Å². The number of carbonyl (C=O) groups is 2. The summed E-state index contributed by atoms with van der Waals surface area (Å²) in [6.45, 7) is 2.63. The zero-order valence-electron chi connectivity index (χ0n) is 15.5. The number of benzene rings is 1. The monoisotopic (exact) mass is 384 g/mol. The van der Waals surface area contributed by atoms with E-state index in [1.54, 1.807) is 0 Å². The third-order valence-electron chi connectivity index (χ3n) is 5.47. The van der Waals surface area contributed by atoms with Gasteiger partial charge in [0.05, 0.1) is 0 Å². The molecule has 0 bridgehead atoms. The maximum atomic E-state index is 12.4. The Morgan fingerprint density at radius 3 is 2.63 bits per heavy atom. The zero-order chi connectivity index (χ0) is 18.8. The van der Waals surface area contributed by atoms with Gasteiger partial charge in [0, 0.05) is 30.5 Å². The number of aromatic nitrogens is 2. The first-order valence-corrected chi connectivity index (χ1v) is 10.4. The fraction of sp³-hybridized carbons (Fsp3) is 0.500. The van der Waals surface area contributed by atoms with Crippen molar-refractivity contribution >= 4 is 34.0 Å². The van der Waals surface area contributed by atoms with Gasteiger partial charge in [-0.15, -0.1) is 10.2 Å². The number of carbonyl (C=O) groups excluding carboxylic acids is 2. The number of anilines is 2. The maximum absolute atomic E-state index is 12.4. The molecule has 1 saturated carbocycles. The van der Waals surface area contributed by atoms with E-state index in [9.17, 15) is 9.59 Å². The standard InChI is InChI=1S/C20H24N4O2S/c1-13-7-9-16(10-8-13)24-12-15(11-17(24)25)19-22-23-20(27-19)21-18(26)14-5-3-2-4-6-14/h7-10,14-15H,2-6,11-12H2,1H3,(H,21,23,26)/t15-/m1/s1. The lowest BCUT2D eigenvalue weighted by Gasteiger charge is -2.19. The van der Waals surface area contributed by atoms with E-state index in [1.807, 2.05) is 36.1 Å². The van der Waals surface area contributed by atoms with Crippen molar-refractivity contribution in [3.63, 3.8) is 0 Å². The summed E-state index contributed by atoms with van der Waals surface area (Å²) in [5.74, 6) is 0.279. The van der Waals surface area contributed by atoms with E-state index >= 15 is 0 Å². The van der Waals surface area contributed by atoms with Crippen LogP contribution >= 0.6 is 11.3 Å². The van der Waals surface area contributed by atoms with Crippen LogP contribution in [0.1, 0.15) is 55.0 Å². The molecule has 1 atom stereocenters. The van der Waals surface area contributed by atoms with Crippen LogP contribution < -0.4 is 10.2 Å².